The molecule has 0 radical (unpaired) electrons. The molecule has 0 aromatic heterocycles. The molecule has 0 fully saturated rings. The van der Waals surface area contributed by atoms with Crippen molar-refractivity contribution in [2.24, 2.45) is 0 Å². The van der Waals surface area contributed by atoms with E-state index in [0.717, 1.165) is 16.9 Å². The van der Waals surface area contributed by atoms with Crippen molar-refractivity contribution in [2.75, 3.05) is 29.9 Å². The fourth-order valence-corrected chi connectivity index (χ4v) is 4.03. The smallest absolute Gasteiger partial charge is 0.328 e. The number of carbonyl (C=O) groups excluding carboxylic acids is 3. The van der Waals surface area contributed by atoms with Gasteiger partial charge in [0, 0.05) is 29.4 Å². The Balaban J connectivity index is 0.00000385. The Morgan fingerprint density at radius 3 is 2.67 bits per heavy atom. The van der Waals surface area contributed by atoms with Crippen LogP contribution in [0.2, 0.25) is 10.0 Å². The topological polar surface area (TPSA) is 87.7 Å². The molecule has 0 bridgehead atoms. The summed E-state index contributed by atoms with van der Waals surface area (Å²) in [6.07, 6.45) is 1.12. The zero-order valence-corrected chi connectivity index (χ0v) is 20.6. The summed E-state index contributed by atoms with van der Waals surface area (Å²) < 4.78 is 5.39. The third-order valence-corrected chi connectivity index (χ3v) is 5.78. The Morgan fingerprint density at radius 2 is 1.97 bits per heavy atom. The first kappa shape index (κ1) is 26.8. The van der Waals surface area contributed by atoms with E-state index in [1.54, 1.807) is 13.0 Å². The minimum absolute atomic E-state index is 0. The number of halogens is 3. The van der Waals surface area contributed by atoms with E-state index in [1.165, 1.54) is 12.1 Å². The number of hydrogen-bond donors (Lipinski definition) is 2. The van der Waals surface area contributed by atoms with Crippen LogP contribution in [0.1, 0.15) is 36.2 Å². The first-order valence-corrected chi connectivity index (χ1v) is 11.1. The van der Waals surface area contributed by atoms with Gasteiger partial charge in [-0.1, -0.05) is 29.3 Å². The molecular weight excluding hydrogens is 489 g/mol. The summed E-state index contributed by atoms with van der Waals surface area (Å²) in [4.78, 5) is 38.5. The standard InChI is InChI=1S/C23H25Cl2N3O4.ClH/c1-3-28(20-6-4-5-19-17(20)9-10-21(29)27-19)11-12-32-23(31)14(2)26-22(30)16-8-7-15(24)13-18(16)25;/h4-8,13-14H,3,9-12H2,1-2H3,(H,26,30)(H,27,29);1H/t14-;/m0./s1. The molecule has 1 aliphatic rings. The number of likely N-dealkylation sites (N-methyl/N-ethyl adjacent to an activating group) is 1. The van der Waals surface area contributed by atoms with E-state index < -0.39 is 17.9 Å². The van der Waals surface area contributed by atoms with E-state index in [1.807, 2.05) is 25.1 Å². The second-order valence-electron chi connectivity index (χ2n) is 7.42. The van der Waals surface area contributed by atoms with Crippen LogP contribution in [0.4, 0.5) is 11.4 Å². The predicted molar refractivity (Wildman–Crippen MR) is 133 cm³/mol. The van der Waals surface area contributed by atoms with Gasteiger partial charge in [-0.2, -0.15) is 0 Å². The number of ether oxygens (including phenoxy) is 1. The summed E-state index contributed by atoms with van der Waals surface area (Å²) in [5, 5.41) is 6.11. The van der Waals surface area contributed by atoms with Gasteiger partial charge in [0.1, 0.15) is 12.6 Å². The molecule has 2 amide bonds. The number of fused-ring (bicyclic) bond motifs is 1. The van der Waals surface area contributed by atoms with Crippen LogP contribution in [0.5, 0.6) is 0 Å². The van der Waals surface area contributed by atoms with Crippen molar-refractivity contribution in [1.29, 1.82) is 0 Å². The molecule has 2 aromatic rings. The Bertz CT molecular complexity index is 1030. The monoisotopic (exact) mass is 513 g/mol. The van der Waals surface area contributed by atoms with E-state index >= 15 is 0 Å². The Labute approximate surface area is 209 Å². The summed E-state index contributed by atoms with van der Waals surface area (Å²) in [7, 11) is 0. The number of rotatable bonds is 8. The highest BCUT2D eigenvalue weighted by Crippen LogP contribution is 2.31. The molecule has 33 heavy (non-hydrogen) atoms. The van der Waals surface area contributed by atoms with E-state index in [4.69, 9.17) is 27.9 Å². The second kappa shape index (κ2) is 12.1. The van der Waals surface area contributed by atoms with Gasteiger partial charge in [-0.25, -0.2) is 4.79 Å². The number of nitrogens with one attached hydrogen (secondary N) is 2. The van der Waals surface area contributed by atoms with Crippen LogP contribution in [-0.4, -0.2) is 43.5 Å². The molecule has 10 heteroatoms. The first-order chi connectivity index (χ1) is 15.3. The van der Waals surface area contributed by atoms with Crippen LogP contribution < -0.4 is 15.5 Å². The van der Waals surface area contributed by atoms with E-state index in [-0.39, 0.29) is 35.5 Å². The summed E-state index contributed by atoms with van der Waals surface area (Å²) in [6, 6.07) is 9.46. The van der Waals surface area contributed by atoms with Gasteiger partial charge in [-0.15, -0.1) is 12.4 Å². The third-order valence-electron chi connectivity index (χ3n) is 5.23. The maximum atomic E-state index is 12.4. The SMILES string of the molecule is CCN(CCOC(=O)[C@H](C)NC(=O)c1ccc(Cl)cc1Cl)c1cccc2c1CCC(=O)N2.Cl. The fraction of sp³-hybridized carbons (Fsp3) is 0.348. The van der Waals surface area contributed by atoms with Gasteiger partial charge in [0.15, 0.2) is 0 Å². The quantitative estimate of drug-likeness (QED) is 0.507. The Kier molecular flexibility index (Phi) is 9.83. The highest BCUT2D eigenvalue weighted by atomic mass is 35.5. The zero-order valence-electron chi connectivity index (χ0n) is 18.3. The number of esters is 1. The van der Waals surface area contributed by atoms with E-state index in [2.05, 4.69) is 15.5 Å². The van der Waals surface area contributed by atoms with Gasteiger partial charge in [-0.3, -0.25) is 9.59 Å². The summed E-state index contributed by atoms with van der Waals surface area (Å²) in [5.41, 5.74) is 3.15. The molecule has 0 saturated carbocycles. The van der Waals surface area contributed by atoms with Crippen molar-refractivity contribution in [3.05, 3.63) is 57.6 Å². The minimum atomic E-state index is -0.844. The molecule has 1 heterocycles. The molecule has 7 nitrogen and oxygen atoms in total. The average molecular weight is 515 g/mol. The normalized spacial score (nSPS) is 13.2. The molecule has 3 rings (SSSR count). The van der Waals surface area contributed by atoms with Gasteiger partial charge < -0.3 is 20.3 Å². The van der Waals surface area contributed by atoms with Gasteiger partial charge >= 0.3 is 5.97 Å². The number of nitrogens with zero attached hydrogens (tertiary/aromatic N) is 1. The maximum Gasteiger partial charge on any atom is 0.328 e. The van der Waals surface area contributed by atoms with Crippen molar-refractivity contribution >= 4 is 64.8 Å². The van der Waals surface area contributed by atoms with Crippen molar-refractivity contribution in [2.45, 2.75) is 32.7 Å². The molecule has 2 N–H and O–H groups in total. The number of amides is 2. The molecule has 0 spiro atoms. The lowest BCUT2D eigenvalue weighted by atomic mass is 10.00. The van der Waals surface area contributed by atoms with Crippen LogP contribution in [-0.2, 0) is 20.7 Å². The van der Waals surface area contributed by atoms with Crippen LogP contribution in [0.25, 0.3) is 0 Å². The first-order valence-electron chi connectivity index (χ1n) is 10.4. The van der Waals surface area contributed by atoms with Crippen LogP contribution in [0, 0.1) is 0 Å². The molecule has 2 aromatic carbocycles. The summed E-state index contributed by atoms with van der Waals surface area (Å²) >= 11 is 11.9. The Hall–Kier alpha value is -2.48. The van der Waals surface area contributed by atoms with Crippen molar-refractivity contribution in [1.82, 2.24) is 5.32 Å². The van der Waals surface area contributed by atoms with Gasteiger partial charge in [0.25, 0.3) is 5.91 Å². The van der Waals surface area contributed by atoms with Crippen molar-refractivity contribution in [3.63, 3.8) is 0 Å². The van der Waals surface area contributed by atoms with Crippen LogP contribution >= 0.6 is 35.6 Å². The molecule has 0 saturated heterocycles. The fourth-order valence-electron chi connectivity index (χ4n) is 3.54. The molecule has 0 unspecified atom stereocenters. The van der Waals surface area contributed by atoms with E-state index in [0.29, 0.717) is 31.0 Å². The number of carbonyl (C=O) groups is 3. The molecular formula is C23H26Cl3N3O4. The molecule has 1 aliphatic heterocycles. The van der Waals surface area contributed by atoms with Gasteiger partial charge in [-0.05, 0) is 56.2 Å². The highest BCUT2D eigenvalue weighted by molar-refractivity contribution is 6.36. The lowest BCUT2D eigenvalue weighted by Gasteiger charge is -2.29. The predicted octanol–water partition coefficient (Wildman–Crippen LogP) is 4.49. The van der Waals surface area contributed by atoms with Crippen molar-refractivity contribution < 1.29 is 19.1 Å². The Morgan fingerprint density at radius 1 is 1.21 bits per heavy atom. The average Bonchev–Trinajstić information content (AvgIpc) is 2.75. The molecule has 1 atom stereocenters. The molecule has 178 valence electrons. The largest absolute Gasteiger partial charge is 0.462 e. The second-order valence-corrected chi connectivity index (χ2v) is 8.26. The minimum Gasteiger partial charge on any atom is -0.462 e. The zero-order chi connectivity index (χ0) is 23.3. The highest BCUT2D eigenvalue weighted by Gasteiger charge is 2.22. The number of benzene rings is 2. The number of hydrogen-bond acceptors (Lipinski definition) is 5. The summed E-state index contributed by atoms with van der Waals surface area (Å²) in [6.45, 7) is 4.92. The van der Waals surface area contributed by atoms with E-state index in [9.17, 15) is 14.4 Å². The number of anilines is 2. The van der Waals surface area contributed by atoms with Crippen molar-refractivity contribution in [3.8, 4) is 0 Å². The third kappa shape index (κ3) is 6.76. The maximum absolute atomic E-state index is 12.4. The van der Waals surface area contributed by atoms with Gasteiger partial charge in [0.2, 0.25) is 5.91 Å². The van der Waals surface area contributed by atoms with Crippen LogP contribution in [0.15, 0.2) is 36.4 Å². The van der Waals surface area contributed by atoms with Crippen LogP contribution in [0.3, 0.4) is 0 Å². The lowest BCUT2D eigenvalue weighted by Crippen LogP contribution is -2.40. The van der Waals surface area contributed by atoms with Gasteiger partial charge in [0.05, 0.1) is 17.1 Å². The summed E-state index contributed by atoms with van der Waals surface area (Å²) in [5.74, 6) is -1.01. The lowest BCUT2D eigenvalue weighted by molar-refractivity contribution is -0.145. The molecule has 0 aliphatic carbocycles.